The zero-order valence-corrected chi connectivity index (χ0v) is 14.9. The largest absolute Gasteiger partial charge is 0.507 e. The average molecular weight is 352 g/mol. The summed E-state index contributed by atoms with van der Waals surface area (Å²) in [5.41, 5.74) is -0.567. The molecule has 0 bridgehead atoms. The highest BCUT2D eigenvalue weighted by Crippen LogP contribution is 2.40. The first-order valence-electron chi connectivity index (χ1n) is 7.45. The van der Waals surface area contributed by atoms with E-state index in [1.54, 1.807) is 0 Å². The van der Waals surface area contributed by atoms with Crippen molar-refractivity contribution >= 4 is 31.8 Å². The van der Waals surface area contributed by atoms with Gasteiger partial charge in [0.05, 0.1) is 22.3 Å². The van der Waals surface area contributed by atoms with Crippen LogP contribution in [-0.2, 0) is 9.31 Å². The minimum atomic E-state index is -1.24. The van der Waals surface area contributed by atoms with E-state index in [0.717, 1.165) is 12.1 Å². The number of hydrogen-bond donors (Lipinski definition) is 4. The number of carboxylic acid groups (broad SMARTS) is 1. The van der Waals surface area contributed by atoms with Crippen molar-refractivity contribution in [2.45, 2.75) is 38.9 Å². The van der Waals surface area contributed by atoms with Crippen LogP contribution >= 0.6 is 12.6 Å². The van der Waals surface area contributed by atoms with E-state index in [0.29, 0.717) is 5.47 Å². The maximum absolute atomic E-state index is 11.0. The standard InChI is InChI=1S/C16H21BO6S/c1-15(2)16(3,4)23-17(22-15)10(8-24)7-11-12(18)5-9(14(20)21)6-13(11)19/h5-7,18-19,24H,8H2,1-4H3,(H,20,21). The Morgan fingerprint density at radius 1 is 1.17 bits per heavy atom. The van der Waals surface area contributed by atoms with Crippen molar-refractivity contribution in [2.75, 3.05) is 5.75 Å². The Balaban J connectivity index is 2.41. The number of thiol groups is 1. The molecule has 0 atom stereocenters. The van der Waals surface area contributed by atoms with E-state index >= 15 is 0 Å². The molecule has 3 N–H and O–H groups in total. The maximum Gasteiger partial charge on any atom is 0.491 e. The molecule has 1 aromatic rings. The van der Waals surface area contributed by atoms with E-state index in [2.05, 4.69) is 12.6 Å². The van der Waals surface area contributed by atoms with Gasteiger partial charge in [-0.25, -0.2) is 4.79 Å². The monoisotopic (exact) mass is 352 g/mol. The molecule has 24 heavy (non-hydrogen) atoms. The Kier molecular flexibility index (Phi) is 4.95. The number of rotatable bonds is 4. The molecule has 1 saturated heterocycles. The molecule has 0 unspecified atom stereocenters. The molecule has 2 rings (SSSR count). The SMILES string of the molecule is CC1(C)OB(C(=Cc2c(O)cc(C(=O)O)cc2O)CS)OC1(C)C. The fourth-order valence-corrected chi connectivity index (χ4v) is 2.50. The molecular weight excluding hydrogens is 331 g/mol. The van der Waals surface area contributed by atoms with E-state index < -0.39 is 24.3 Å². The van der Waals surface area contributed by atoms with Gasteiger partial charge in [-0.05, 0) is 45.3 Å². The van der Waals surface area contributed by atoms with Crippen molar-refractivity contribution in [3.05, 3.63) is 28.7 Å². The average Bonchev–Trinajstić information content (AvgIpc) is 2.66. The quantitative estimate of drug-likeness (QED) is 0.492. The van der Waals surface area contributed by atoms with Gasteiger partial charge in [-0.1, -0.05) is 6.08 Å². The second kappa shape index (κ2) is 6.35. The molecule has 130 valence electrons. The number of phenols is 2. The second-order valence-electron chi connectivity index (χ2n) is 6.70. The Morgan fingerprint density at radius 2 is 1.62 bits per heavy atom. The van der Waals surface area contributed by atoms with Crippen molar-refractivity contribution in [1.82, 2.24) is 0 Å². The van der Waals surface area contributed by atoms with Crippen molar-refractivity contribution in [2.24, 2.45) is 0 Å². The maximum atomic E-state index is 11.0. The van der Waals surface area contributed by atoms with E-state index in [1.165, 1.54) is 6.08 Å². The lowest BCUT2D eigenvalue weighted by atomic mass is 9.78. The fraction of sp³-hybridized carbons (Fsp3) is 0.438. The highest BCUT2D eigenvalue weighted by Gasteiger charge is 2.52. The molecule has 1 heterocycles. The molecule has 8 heteroatoms. The fourth-order valence-electron chi connectivity index (χ4n) is 2.26. The lowest BCUT2D eigenvalue weighted by Crippen LogP contribution is -2.41. The molecule has 0 aliphatic carbocycles. The molecule has 0 amide bonds. The first-order valence-corrected chi connectivity index (χ1v) is 8.08. The lowest BCUT2D eigenvalue weighted by molar-refractivity contribution is 0.00578. The number of carboxylic acids is 1. The van der Waals surface area contributed by atoms with Crippen LogP contribution in [0.5, 0.6) is 11.5 Å². The van der Waals surface area contributed by atoms with Crippen molar-refractivity contribution < 1.29 is 29.4 Å². The molecule has 0 saturated carbocycles. The van der Waals surface area contributed by atoms with E-state index in [9.17, 15) is 15.0 Å². The van der Waals surface area contributed by atoms with Crippen LogP contribution in [0.1, 0.15) is 43.6 Å². The summed E-state index contributed by atoms with van der Waals surface area (Å²) in [6, 6.07) is 2.16. The summed E-state index contributed by atoms with van der Waals surface area (Å²) in [5, 5.41) is 29.0. The molecule has 1 aromatic carbocycles. The van der Waals surface area contributed by atoms with E-state index in [4.69, 9.17) is 14.4 Å². The summed E-state index contributed by atoms with van der Waals surface area (Å²) in [5.74, 6) is -1.65. The van der Waals surface area contributed by atoms with Crippen LogP contribution in [0.3, 0.4) is 0 Å². The summed E-state index contributed by atoms with van der Waals surface area (Å²) >= 11 is 4.27. The number of benzene rings is 1. The minimum Gasteiger partial charge on any atom is -0.507 e. The third kappa shape index (κ3) is 3.40. The van der Waals surface area contributed by atoms with Gasteiger partial charge in [0.1, 0.15) is 11.5 Å². The summed E-state index contributed by atoms with van der Waals surface area (Å²) in [6.45, 7) is 7.67. The van der Waals surface area contributed by atoms with E-state index in [1.807, 2.05) is 27.7 Å². The molecule has 1 aliphatic rings. The Bertz CT molecular complexity index is 659. The zero-order valence-electron chi connectivity index (χ0n) is 14.0. The third-order valence-corrected chi connectivity index (χ3v) is 4.82. The van der Waals surface area contributed by atoms with Crippen molar-refractivity contribution in [3.8, 4) is 11.5 Å². The van der Waals surface area contributed by atoms with Gasteiger partial charge in [0, 0.05) is 5.75 Å². The predicted octanol–water partition coefficient (Wildman–Crippen LogP) is 2.74. The predicted molar refractivity (Wildman–Crippen MR) is 94.6 cm³/mol. The van der Waals surface area contributed by atoms with Gasteiger partial charge in [0.2, 0.25) is 0 Å². The van der Waals surface area contributed by atoms with Gasteiger partial charge in [-0.2, -0.15) is 12.6 Å². The Labute approximate surface area is 146 Å². The number of aromatic hydroxyl groups is 2. The van der Waals surface area contributed by atoms with Crippen LogP contribution < -0.4 is 0 Å². The van der Waals surface area contributed by atoms with Crippen LogP contribution in [-0.4, -0.2) is 45.4 Å². The highest BCUT2D eigenvalue weighted by molar-refractivity contribution is 7.80. The number of hydrogen-bond acceptors (Lipinski definition) is 6. The molecule has 0 aromatic heterocycles. The van der Waals surface area contributed by atoms with Crippen molar-refractivity contribution in [3.63, 3.8) is 0 Å². The molecule has 0 radical (unpaired) electrons. The topological polar surface area (TPSA) is 96.2 Å². The number of aromatic carboxylic acids is 1. The zero-order chi connectivity index (χ0) is 18.3. The van der Waals surface area contributed by atoms with E-state index in [-0.39, 0.29) is 28.4 Å². The molecule has 1 aliphatic heterocycles. The van der Waals surface area contributed by atoms with Crippen LogP contribution in [0.2, 0.25) is 0 Å². The smallest absolute Gasteiger partial charge is 0.491 e. The molecular formula is C16H21BO6S. The van der Waals surface area contributed by atoms with Gasteiger partial charge < -0.3 is 24.6 Å². The number of phenolic OH excluding ortho intramolecular Hbond substituents is 2. The Morgan fingerprint density at radius 3 is 2.00 bits per heavy atom. The summed E-state index contributed by atoms with van der Waals surface area (Å²) in [7, 11) is -0.676. The molecule has 1 fully saturated rings. The Hall–Kier alpha value is -1.64. The second-order valence-corrected chi connectivity index (χ2v) is 7.02. The van der Waals surface area contributed by atoms with Crippen LogP contribution in [0, 0.1) is 0 Å². The van der Waals surface area contributed by atoms with Gasteiger partial charge in [0.15, 0.2) is 0 Å². The highest BCUT2D eigenvalue weighted by atomic mass is 32.1. The van der Waals surface area contributed by atoms with Gasteiger partial charge in [-0.15, -0.1) is 0 Å². The first-order chi connectivity index (χ1) is 11.0. The third-order valence-electron chi connectivity index (χ3n) is 4.45. The van der Waals surface area contributed by atoms with Gasteiger partial charge in [0.25, 0.3) is 0 Å². The summed E-state index contributed by atoms with van der Waals surface area (Å²) < 4.78 is 11.9. The number of carbonyl (C=O) groups is 1. The summed E-state index contributed by atoms with van der Waals surface area (Å²) in [4.78, 5) is 11.0. The normalized spacial score (nSPS) is 19.5. The summed E-state index contributed by atoms with van der Waals surface area (Å²) in [6.07, 6.45) is 1.51. The van der Waals surface area contributed by atoms with Gasteiger partial charge in [-0.3, -0.25) is 0 Å². The van der Waals surface area contributed by atoms with Crippen LogP contribution in [0.25, 0.3) is 6.08 Å². The van der Waals surface area contributed by atoms with Gasteiger partial charge >= 0.3 is 13.1 Å². The minimum absolute atomic E-state index is 0.0961. The molecule has 6 nitrogen and oxygen atoms in total. The van der Waals surface area contributed by atoms with Crippen molar-refractivity contribution in [1.29, 1.82) is 0 Å². The molecule has 0 spiro atoms. The van der Waals surface area contributed by atoms with Crippen LogP contribution in [0.15, 0.2) is 17.6 Å². The van der Waals surface area contributed by atoms with Crippen LogP contribution in [0.4, 0.5) is 0 Å². The lowest BCUT2D eigenvalue weighted by Gasteiger charge is -2.32. The first kappa shape index (κ1) is 18.7.